The highest BCUT2D eigenvalue weighted by Crippen LogP contribution is 2.33. The molecule has 20 heavy (non-hydrogen) atoms. The Morgan fingerprint density at radius 2 is 2.35 bits per heavy atom. The summed E-state index contributed by atoms with van der Waals surface area (Å²) in [4.78, 5) is 13.1. The van der Waals surface area contributed by atoms with E-state index in [2.05, 4.69) is 17.1 Å². The number of benzene rings is 1. The Labute approximate surface area is 124 Å². The molecule has 1 N–H and O–H groups in total. The van der Waals surface area contributed by atoms with Crippen molar-refractivity contribution >= 4 is 23.0 Å². The Bertz CT molecular complexity index is 475. The number of piperidine rings is 1. The van der Waals surface area contributed by atoms with E-state index in [1.54, 1.807) is 12.1 Å². The smallest absolute Gasteiger partial charge is 0.292 e. The van der Waals surface area contributed by atoms with Crippen molar-refractivity contribution in [3.05, 3.63) is 33.3 Å². The predicted molar refractivity (Wildman–Crippen MR) is 81.6 cm³/mol. The minimum atomic E-state index is -0.329. The average Bonchev–Trinajstić information content (AvgIpc) is 2.45. The molecule has 1 aromatic carbocycles. The highest BCUT2D eigenvalue weighted by atomic mass is 35.5. The molecule has 1 atom stereocenters. The summed E-state index contributed by atoms with van der Waals surface area (Å²) >= 11 is 6.04. The first-order valence-corrected chi connectivity index (χ1v) is 7.42. The van der Waals surface area contributed by atoms with Crippen LogP contribution in [0.15, 0.2) is 18.2 Å². The second kappa shape index (κ2) is 6.90. The van der Waals surface area contributed by atoms with Crippen LogP contribution in [0.1, 0.15) is 26.2 Å². The lowest BCUT2D eigenvalue weighted by atomic mass is 10.0. The van der Waals surface area contributed by atoms with E-state index in [0.717, 1.165) is 38.9 Å². The third-order valence-electron chi connectivity index (χ3n) is 3.62. The fourth-order valence-electron chi connectivity index (χ4n) is 2.72. The van der Waals surface area contributed by atoms with E-state index in [0.29, 0.717) is 16.8 Å². The summed E-state index contributed by atoms with van der Waals surface area (Å²) in [6.07, 6.45) is 3.09. The minimum Gasteiger partial charge on any atom is -0.362 e. The van der Waals surface area contributed by atoms with Crippen molar-refractivity contribution in [2.75, 3.05) is 24.5 Å². The molecular formula is C14H20ClN3O2. The molecule has 1 heterocycles. The summed E-state index contributed by atoms with van der Waals surface area (Å²) in [6, 6.07) is 5.08. The van der Waals surface area contributed by atoms with Gasteiger partial charge in [-0.15, -0.1) is 0 Å². The molecule has 110 valence electrons. The van der Waals surface area contributed by atoms with Crippen LogP contribution in [0.3, 0.4) is 0 Å². The van der Waals surface area contributed by atoms with Gasteiger partial charge in [0.2, 0.25) is 0 Å². The number of hydrogen-bond donors (Lipinski definition) is 1. The van der Waals surface area contributed by atoms with Gasteiger partial charge < -0.3 is 10.2 Å². The molecule has 0 bridgehead atoms. The molecule has 0 saturated carbocycles. The normalized spacial score (nSPS) is 18.8. The third-order valence-corrected chi connectivity index (χ3v) is 3.85. The van der Waals surface area contributed by atoms with Gasteiger partial charge in [-0.2, -0.15) is 0 Å². The van der Waals surface area contributed by atoms with E-state index in [4.69, 9.17) is 11.6 Å². The molecule has 1 unspecified atom stereocenters. The van der Waals surface area contributed by atoms with E-state index in [1.165, 1.54) is 6.07 Å². The van der Waals surface area contributed by atoms with Crippen LogP contribution in [-0.2, 0) is 0 Å². The molecule has 0 aromatic heterocycles. The second-order valence-corrected chi connectivity index (χ2v) is 5.52. The maximum atomic E-state index is 11.2. The molecule has 6 heteroatoms. The van der Waals surface area contributed by atoms with Crippen LogP contribution in [0.5, 0.6) is 0 Å². The lowest BCUT2D eigenvalue weighted by Crippen LogP contribution is -2.46. The number of rotatable bonds is 5. The van der Waals surface area contributed by atoms with Crippen LogP contribution in [-0.4, -0.2) is 30.6 Å². The fraction of sp³-hybridized carbons (Fsp3) is 0.571. The number of nitrogens with one attached hydrogen (secondary N) is 1. The van der Waals surface area contributed by atoms with Gasteiger partial charge in [0.15, 0.2) is 0 Å². The lowest BCUT2D eigenvalue weighted by molar-refractivity contribution is -0.384. The van der Waals surface area contributed by atoms with Crippen molar-refractivity contribution in [1.82, 2.24) is 5.32 Å². The predicted octanol–water partition coefficient (Wildman–Crippen LogP) is 3.22. The third kappa shape index (κ3) is 3.41. The summed E-state index contributed by atoms with van der Waals surface area (Å²) in [5.74, 6) is 0. The number of hydrogen-bond acceptors (Lipinski definition) is 4. The zero-order valence-electron chi connectivity index (χ0n) is 11.6. The highest BCUT2D eigenvalue weighted by molar-refractivity contribution is 6.31. The van der Waals surface area contributed by atoms with Gasteiger partial charge in [-0.1, -0.05) is 18.5 Å². The van der Waals surface area contributed by atoms with Gasteiger partial charge in [0.25, 0.3) is 5.69 Å². The first-order chi connectivity index (χ1) is 9.63. The molecule has 1 aliphatic rings. The van der Waals surface area contributed by atoms with Gasteiger partial charge in [0.1, 0.15) is 5.69 Å². The first-order valence-electron chi connectivity index (χ1n) is 7.04. The van der Waals surface area contributed by atoms with Crippen LogP contribution in [0.4, 0.5) is 11.4 Å². The number of anilines is 1. The molecular weight excluding hydrogens is 278 g/mol. The van der Waals surface area contributed by atoms with E-state index >= 15 is 0 Å². The van der Waals surface area contributed by atoms with Crippen molar-refractivity contribution in [3.63, 3.8) is 0 Å². The summed E-state index contributed by atoms with van der Waals surface area (Å²) in [5.41, 5.74) is 0.770. The molecule has 0 spiro atoms. The Kier molecular flexibility index (Phi) is 5.20. The molecule has 1 saturated heterocycles. The van der Waals surface area contributed by atoms with E-state index in [1.807, 2.05) is 0 Å². The average molecular weight is 298 g/mol. The maximum absolute atomic E-state index is 11.2. The van der Waals surface area contributed by atoms with Crippen LogP contribution in [0.2, 0.25) is 5.02 Å². The summed E-state index contributed by atoms with van der Waals surface area (Å²) in [5, 5.41) is 15.1. The summed E-state index contributed by atoms with van der Waals surface area (Å²) < 4.78 is 0. The SMILES string of the molecule is CCCN(c1cc(Cl)ccc1[N+](=O)[O-])C1CCCNC1. The van der Waals surface area contributed by atoms with Crippen LogP contribution >= 0.6 is 11.6 Å². The Morgan fingerprint density at radius 3 is 2.95 bits per heavy atom. The van der Waals surface area contributed by atoms with Crippen molar-refractivity contribution in [3.8, 4) is 0 Å². The van der Waals surface area contributed by atoms with Crippen molar-refractivity contribution in [2.24, 2.45) is 0 Å². The summed E-state index contributed by atoms with van der Waals surface area (Å²) in [7, 11) is 0. The second-order valence-electron chi connectivity index (χ2n) is 5.08. The number of halogens is 1. The van der Waals surface area contributed by atoms with Gasteiger partial charge in [-0.3, -0.25) is 10.1 Å². The molecule has 2 rings (SSSR count). The van der Waals surface area contributed by atoms with Gasteiger partial charge in [-0.05, 0) is 37.9 Å². The lowest BCUT2D eigenvalue weighted by Gasteiger charge is -2.36. The van der Waals surface area contributed by atoms with Crippen LogP contribution in [0, 0.1) is 10.1 Å². The molecule has 0 aliphatic carbocycles. The van der Waals surface area contributed by atoms with Gasteiger partial charge in [-0.25, -0.2) is 0 Å². The fourth-order valence-corrected chi connectivity index (χ4v) is 2.89. The number of nitrogens with zero attached hydrogens (tertiary/aromatic N) is 2. The van der Waals surface area contributed by atoms with Crippen molar-refractivity contribution in [1.29, 1.82) is 0 Å². The summed E-state index contributed by atoms with van der Waals surface area (Å²) in [6.45, 7) is 4.77. The van der Waals surface area contributed by atoms with Crippen molar-refractivity contribution in [2.45, 2.75) is 32.2 Å². The van der Waals surface area contributed by atoms with Crippen LogP contribution in [0.25, 0.3) is 0 Å². The number of nitro groups is 1. The largest absolute Gasteiger partial charge is 0.362 e. The van der Waals surface area contributed by atoms with Crippen LogP contribution < -0.4 is 10.2 Å². The van der Waals surface area contributed by atoms with E-state index in [9.17, 15) is 10.1 Å². The van der Waals surface area contributed by atoms with E-state index < -0.39 is 0 Å². The molecule has 1 aliphatic heterocycles. The highest BCUT2D eigenvalue weighted by Gasteiger charge is 2.26. The monoisotopic (exact) mass is 297 g/mol. The zero-order valence-corrected chi connectivity index (χ0v) is 12.4. The van der Waals surface area contributed by atoms with E-state index in [-0.39, 0.29) is 10.6 Å². The first kappa shape index (κ1) is 15.1. The Balaban J connectivity index is 2.36. The van der Waals surface area contributed by atoms with Gasteiger partial charge in [0.05, 0.1) is 4.92 Å². The molecule has 0 amide bonds. The maximum Gasteiger partial charge on any atom is 0.292 e. The topological polar surface area (TPSA) is 58.4 Å². The molecule has 1 aromatic rings. The Hall–Kier alpha value is -1.33. The zero-order chi connectivity index (χ0) is 14.5. The minimum absolute atomic E-state index is 0.133. The van der Waals surface area contributed by atoms with Gasteiger partial charge in [0, 0.05) is 30.2 Å². The quantitative estimate of drug-likeness (QED) is 0.670. The standard InChI is InChI=1S/C14H20ClN3O2/c1-2-8-17(12-4-3-7-16-10-12)14-9-11(15)5-6-13(14)18(19)20/h5-6,9,12,16H,2-4,7-8,10H2,1H3. The molecule has 1 fully saturated rings. The Morgan fingerprint density at radius 1 is 1.55 bits per heavy atom. The van der Waals surface area contributed by atoms with Crippen molar-refractivity contribution < 1.29 is 4.92 Å². The van der Waals surface area contributed by atoms with Gasteiger partial charge >= 0.3 is 0 Å². The number of nitro benzene ring substituents is 1. The molecule has 0 radical (unpaired) electrons. The molecule has 5 nitrogen and oxygen atoms in total.